The molecule has 0 saturated carbocycles. The lowest BCUT2D eigenvalue weighted by molar-refractivity contribution is -0.0200. The molecule has 2 aliphatic heterocycles. The number of hydrogen-bond donors (Lipinski definition) is 1. The summed E-state index contributed by atoms with van der Waals surface area (Å²) in [6.45, 7) is 6.81. The van der Waals surface area contributed by atoms with Gasteiger partial charge in [0.15, 0.2) is 0 Å². The fraction of sp³-hybridized carbons (Fsp3) is 1.00. The average molecular weight is 249 g/mol. The molecule has 2 unspecified atom stereocenters. The van der Waals surface area contributed by atoms with E-state index >= 15 is 0 Å². The zero-order chi connectivity index (χ0) is 10.7. The zero-order valence-electron chi connectivity index (χ0n) is 10.4. The van der Waals surface area contributed by atoms with E-state index in [1.54, 1.807) is 0 Å². The molecule has 2 rings (SSSR count). The normalized spacial score (nSPS) is 30.9. The van der Waals surface area contributed by atoms with Crippen LogP contribution >= 0.6 is 12.4 Å². The molecule has 4 heteroatoms. The first-order valence-electron chi connectivity index (χ1n) is 6.32. The predicted molar refractivity (Wildman–Crippen MR) is 69.3 cm³/mol. The lowest BCUT2D eigenvalue weighted by Gasteiger charge is -2.39. The van der Waals surface area contributed by atoms with Gasteiger partial charge in [0.05, 0.1) is 6.10 Å². The molecule has 2 saturated heterocycles. The fourth-order valence-corrected chi connectivity index (χ4v) is 2.55. The third-order valence-corrected chi connectivity index (χ3v) is 3.86. The molecule has 2 fully saturated rings. The Kier molecular flexibility index (Phi) is 6.05. The minimum Gasteiger partial charge on any atom is -0.378 e. The van der Waals surface area contributed by atoms with Crippen LogP contribution in [0.15, 0.2) is 0 Å². The van der Waals surface area contributed by atoms with Crippen molar-refractivity contribution < 1.29 is 4.74 Å². The minimum absolute atomic E-state index is 0. The van der Waals surface area contributed by atoms with Crippen LogP contribution in [0.2, 0.25) is 0 Å². The smallest absolute Gasteiger partial charge is 0.0575 e. The third-order valence-electron chi connectivity index (χ3n) is 3.86. The van der Waals surface area contributed by atoms with E-state index in [4.69, 9.17) is 4.74 Å². The van der Waals surface area contributed by atoms with Crippen molar-refractivity contribution in [3.63, 3.8) is 0 Å². The molecule has 2 aliphatic rings. The molecule has 2 heterocycles. The number of nitrogens with one attached hydrogen (secondary N) is 1. The minimum atomic E-state index is 0. The number of ether oxygens (including phenoxy) is 1. The first-order chi connectivity index (χ1) is 7.29. The molecule has 0 amide bonds. The Labute approximate surface area is 105 Å². The maximum atomic E-state index is 5.71. The van der Waals surface area contributed by atoms with Gasteiger partial charge in [0, 0.05) is 32.3 Å². The van der Waals surface area contributed by atoms with Gasteiger partial charge in [-0.2, -0.15) is 0 Å². The summed E-state index contributed by atoms with van der Waals surface area (Å²) in [7, 11) is 2.27. The molecule has 0 aliphatic carbocycles. The second kappa shape index (κ2) is 6.80. The summed E-state index contributed by atoms with van der Waals surface area (Å²) < 4.78 is 5.71. The first kappa shape index (κ1) is 14.2. The van der Waals surface area contributed by atoms with Crippen LogP contribution < -0.4 is 5.32 Å². The summed E-state index contributed by atoms with van der Waals surface area (Å²) in [6, 6.07) is 0.785. The van der Waals surface area contributed by atoms with Crippen molar-refractivity contribution >= 4 is 12.4 Å². The van der Waals surface area contributed by atoms with E-state index in [-0.39, 0.29) is 12.4 Å². The average Bonchev–Trinajstić information content (AvgIpc) is 2.15. The maximum Gasteiger partial charge on any atom is 0.0575 e. The van der Waals surface area contributed by atoms with E-state index < -0.39 is 0 Å². The van der Waals surface area contributed by atoms with Gasteiger partial charge in [0.2, 0.25) is 0 Å². The third kappa shape index (κ3) is 3.59. The van der Waals surface area contributed by atoms with Crippen molar-refractivity contribution in [2.45, 2.75) is 38.3 Å². The van der Waals surface area contributed by atoms with Crippen LogP contribution in [0.5, 0.6) is 0 Å². The van der Waals surface area contributed by atoms with Gasteiger partial charge in [-0.05, 0) is 32.2 Å². The van der Waals surface area contributed by atoms with Crippen LogP contribution in [-0.2, 0) is 4.74 Å². The van der Waals surface area contributed by atoms with Gasteiger partial charge in [0.1, 0.15) is 0 Å². The Hall–Kier alpha value is 0.170. The molecule has 1 N–H and O–H groups in total. The van der Waals surface area contributed by atoms with Crippen molar-refractivity contribution in [2.24, 2.45) is 5.92 Å². The second-order valence-electron chi connectivity index (χ2n) is 5.04. The Balaban J connectivity index is 0.00000128. The number of nitrogens with zero attached hydrogens (tertiary/aromatic N) is 1. The molecular weight excluding hydrogens is 224 g/mol. The van der Waals surface area contributed by atoms with Crippen molar-refractivity contribution in [2.75, 3.05) is 33.3 Å². The van der Waals surface area contributed by atoms with Gasteiger partial charge < -0.3 is 15.0 Å². The predicted octanol–water partition coefficient (Wildman–Crippen LogP) is 1.52. The number of hydrogen-bond acceptors (Lipinski definition) is 3. The number of likely N-dealkylation sites (N-methyl/N-ethyl adjacent to an activating group) is 1. The first-order valence-corrected chi connectivity index (χ1v) is 6.32. The molecular formula is C12H25ClN2O. The van der Waals surface area contributed by atoms with Gasteiger partial charge in [-0.1, -0.05) is 6.92 Å². The van der Waals surface area contributed by atoms with Crippen LogP contribution in [0.25, 0.3) is 0 Å². The van der Waals surface area contributed by atoms with E-state index in [9.17, 15) is 0 Å². The molecule has 16 heavy (non-hydrogen) atoms. The van der Waals surface area contributed by atoms with Crippen molar-refractivity contribution in [1.82, 2.24) is 10.2 Å². The lowest BCUT2D eigenvalue weighted by atomic mass is 9.93. The number of halogens is 1. The van der Waals surface area contributed by atoms with Crippen molar-refractivity contribution in [3.8, 4) is 0 Å². The highest BCUT2D eigenvalue weighted by atomic mass is 35.5. The molecule has 0 aromatic heterocycles. The van der Waals surface area contributed by atoms with Crippen LogP contribution in [0.4, 0.5) is 0 Å². The highest BCUT2D eigenvalue weighted by Gasteiger charge is 2.26. The summed E-state index contributed by atoms with van der Waals surface area (Å²) >= 11 is 0. The highest BCUT2D eigenvalue weighted by Crippen LogP contribution is 2.23. The van der Waals surface area contributed by atoms with Crippen LogP contribution in [0.3, 0.4) is 0 Å². The Morgan fingerprint density at radius 1 is 1.38 bits per heavy atom. The van der Waals surface area contributed by atoms with Gasteiger partial charge in [-0.3, -0.25) is 0 Å². The fourth-order valence-electron chi connectivity index (χ4n) is 2.55. The van der Waals surface area contributed by atoms with Gasteiger partial charge in [-0.15, -0.1) is 12.4 Å². The highest BCUT2D eigenvalue weighted by molar-refractivity contribution is 5.85. The molecule has 0 spiro atoms. The van der Waals surface area contributed by atoms with E-state index in [2.05, 4.69) is 24.2 Å². The molecule has 3 nitrogen and oxygen atoms in total. The summed E-state index contributed by atoms with van der Waals surface area (Å²) in [5, 5.41) is 3.33. The standard InChI is InChI=1S/C12H24N2O.ClH/c1-3-12-6-10(4-5-15-12)9-14(2)11-7-13-8-11;/h10-13H,3-9H2,1-2H3;1H. The van der Waals surface area contributed by atoms with Crippen LogP contribution in [-0.4, -0.2) is 50.3 Å². The Morgan fingerprint density at radius 3 is 2.69 bits per heavy atom. The molecule has 0 bridgehead atoms. The van der Waals surface area contributed by atoms with Crippen molar-refractivity contribution in [3.05, 3.63) is 0 Å². The molecule has 2 atom stereocenters. The van der Waals surface area contributed by atoms with E-state index in [0.29, 0.717) is 6.10 Å². The number of rotatable bonds is 4. The van der Waals surface area contributed by atoms with Crippen LogP contribution in [0, 0.1) is 5.92 Å². The van der Waals surface area contributed by atoms with Gasteiger partial charge in [-0.25, -0.2) is 0 Å². The molecule has 0 radical (unpaired) electrons. The zero-order valence-corrected chi connectivity index (χ0v) is 11.3. The summed E-state index contributed by atoms with van der Waals surface area (Å²) in [4.78, 5) is 2.53. The lowest BCUT2D eigenvalue weighted by Crippen LogP contribution is -2.57. The molecule has 0 aromatic rings. The van der Waals surface area contributed by atoms with E-state index in [1.165, 1.54) is 38.9 Å². The van der Waals surface area contributed by atoms with Gasteiger partial charge >= 0.3 is 0 Å². The second-order valence-corrected chi connectivity index (χ2v) is 5.04. The van der Waals surface area contributed by atoms with E-state index in [0.717, 1.165) is 18.6 Å². The monoisotopic (exact) mass is 248 g/mol. The SMILES string of the molecule is CCC1CC(CN(C)C2CNC2)CCO1.Cl. The topological polar surface area (TPSA) is 24.5 Å². The Morgan fingerprint density at radius 2 is 2.12 bits per heavy atom. The van der Waals surface area contributed by atoms with Gasteiger partial charge in [0.25, 0.3) is 0 Å². The molecule has 96 valence electrons. The van der Waals surface area contributed by atoms with E-state index in [1.807, 2.05) is 0 Å². The Bertz CT molecular complexity index is 199. The molecule has 0 aromatic carbocycles. The maximum absolute atomic E-state index is 5.71. The summed E-state index contributed by atoms with van der Waals surface area (Å²) in [5.74, 6) is 0.856. The van der Waals surface area contributed by atoms with Crippen LogP contribution in [0.1, 0.15) is 26.2 Å². The quantitative estimate of drug-likeness (QED) is 0.817. The summed E-state index contributed by atoms with van der Waals surface area (Å²) in [5.41, 5.74) is 0. The largest absolute Gasteiger partial charge is 0.378 e. The summed E-state index contributed by atoms with van der Waals surface area (Å²) in [6.07, 6.45) is 4.21. The van der Waals surface area contributed by atoms with Crippen molar-refractivity contribution in [1.29, 1.82) is 0 Å².